The number of hydrogen-bond acceptors (Lipinski definition) is 4. The van der Waals surface area contributed by atoms with Gasteiger partial charge in [-0.1, -0.05) is 0 Å². The third kappa shape index (κ3) is 4.23. The van der Waals surface area contributed by atoms with E-state index in [0.717, 1.165) is 6.07 Å². The number of benzene rings is 1. The van der Waals surface area contributed by atoms with Gasteiger partial charge < -0.3 is 16.0 Å². The molecule has 0 radical (unpaired) electrons. The minimum Gasteiger partial charge on any atom is -0.383 e. The number of nitrogens with one attached hydrogen (secondary N) is 1. The Morgan fingerprint density at radius 2 is 2.00 bits per heavy atom. The molecular formula is C16H17F3N4O. The Hall–Kier alpha value is -2.61. The number of carbonyl (C=O) groups is 1. The smallest absolute Gasteiger partial charge is 0.383 e. The van der Waals surface area contributed by atoms with Crippen LogP contribution in [0.4, 0.5) is 24.7 Å². The van der Waals surface area contributed by atoms with Gasteiger partial charge in [-0.2, -0.15) is 13.2 Å². The van der Waals surface area contributed by atoms with Crippen LogP contribution in [-0.2, 0) is 12.7 Å². The van der Waals surface area contributed by atoms with Gasteiger partial charge in [-0.3, -0.25) is 4.79 Å². The summed E-state index contributed by atoms with van der Waals surface area (Å²) in [6.45, 7) is 0.0909. The zero-order valence-corrected chi connectivity index (χ0v) is 13.2. The first-order valence-electron chi connectivity index (χ1n) is 7.05. The fourth-order valence-electron chi connectivity index (χ4n) is 2.23. The molecule has 0 saturated carbocycles. The summed E-state index contributed by atoms with van der Waals surface area (Å²) in [6.07, 6.45) is -3.01. The Balaban J connectivity index is 2.31. The molecule has 0 saturated heterocycles. The lowest BCUT2D eigenvalue weighted by molar-refractivity contribution is -0.138. The number of nitrogen functional groups attached to an aromatic ring is 1. The van der Waals surface area contributed by atoms with E-state index >= 15 is 0 Å². The highest BCUT2D eigenvalue weighted by Crippen LogP contribution is 2.34. The summed E-state index contributed by atoms with van der Waals surface area (Å²) in [5.74, 6) is -0.480. The lowest BCUT2D eigenvalue weighted by Gasteiger charge is -2.18. The third-order valence-electron chi connectivity index (χ3n) is 3.24. The SMILES string of the molecule is CN(C)Cc1cc(NC(=O)c2cccnc2N)ccc1C(F)(F)F. The molecule has 0 bridgehead atoms. The number of nitrogens with two attached hydrogens (primary N) is 1. The lowest BCUT2D eigenvalue weighted by Crippen LogP contribution is -2.18. The van der Waals surface area contributed by atoms with Crippen molar-refractivity contribution in [2.45, 2.75) is 12.7 Å². The van der Waals surface area contributed by atoms with Crippen LogP contribution < -0.4 is 11.1 Å². The Kier molecular flexibility index (Phi) is 5.08. The van der Waals surface area contributed by atoms with Crippen LogP contribution in [0.15, 0.2) is 36.5 Å². The maximum Gasteiger partial charge on any atom is 0.416 e. The van der Waals surface area contributed by atoms with Crippen LogP contribution in [0.1, 0.15) is 21.5 Å². The summed E-state index contributed by atoms with van der Waals surface area (Å²) in [4.78, 5) is 17.6. The number of halogens is 3. The van der Waals surface area contributed by atoms with E-state index in [2.05, 4.69) is 10.3 Å². The number of aromatic nitrogens is 1. The van der Waals surface area contributed by atoms with Crippen molar-refractivity contribution in [3.8, 4) is 0 Å². The fourth-order valence-corrected chi connectivity index (χ4v) is 2.23. The van der Waals surface area contributed by atoms with E-state index in [1.165, 1.54) is 24.4 Å². The highest BCUT2D eigenvalue weighted by Gasteiger charge is 2.33. The predicted octanol–water partition coefficient (Wildman–Crippen LogP) is 3.00. The van der Waals surface area contributed by atoms with E-state index in [1.807, 2.05) is 0 Å². The summed E-state index contributed by atoms with van der Waals surface area (Å²) >= 11 is 0. The molecule has 2 rings (SSSR count). The second-order valence-electron chi connectivity index (χ2n) is 5.50. The van der Waals surface area contributed by atoms with Crippen molar-refractivity contribution in [1.82, 2.24) is 9.88 Å². The minimum atomic E-state index is -4.46. The van der Waals surface area contributed by atoms with Crippen molar-refractivity contribution in [2.75, 3.05) is 25.1 Å². The van der Waals surface area contributed by atoms with E-state index in [4.69, 9.17) is 5.73 Å². The molecule has 0 spiro atoms. The van der Waals surface area contributed by atoms with Crippen LogP contribution >= 0.6 is 0 Å². The molecule has 0 aliphatic rings. The maximum absolute atomic E-state index is 13.1. The number of hydrogen-bond donors (Lipinski definition) is 2. The van der Waals surface area contributed by atoms with Crippen molar-refractivity contribution in [3.05, 3.63) is 53.2 Å². The molecule has 0 atom stereocenters. The van der Waals surface area contributed by atoms with Gasteiger partial charge in [0.15, 0.2) is 0 Å². The molecule has 5 nitrogen and oxygen atoms in total. The largest absolute Gasteiger partial charge is 0.416 e. The second kappa shape index (κ2) is 6.88. The Labute approximate surface area is 137 Å². The summed E-state index contributed by atoms with van der Waals surface area (Å²) in [5.41, 5.74) is 5.39. The normalized spacial score (nSPS) is 11.6. The topological polar surface area (TPSA) is 71.2 Å². The van der Waals surface area contributed by atoms with Gasteiger partial charge in [0.25, 0.3) is 5.91 Å². The molecule has 3 N–H and O–H groups in total. The molecule has 0 aliphatic carbocycles. The van der Waals surface area contributed by atoms with Crippen LogP contribution in [0.3, 0.4) is 0 Å². The first-order chi connectivity index (χ1) is 11.2. The molecule has 0 aliphatic heterocycles. The van der Waals surface area contributed by atoms with Gasteiger partial charge in [0.1, 0.15) is 5.82 Å². The van der Waals surface area contributed by atoms with Gasteiger partial charge in [-0.15, -0.1) is 0 Å². The van der Waals surface area contributed by atoms with Crippen molar-refractivity contribution < 1.29 is 18.0 Å². The maximum atomic E-state index is 13.1. The van der Waals surface area contributed by atoms with Gasteiger partial charge in [-0.05, 0) is 50.0 Å². The van der Waals surface area contributed by atoms with Crippen molar-refractivity contribution in [1.29, 1.82) is 0 Å². The highest BCUT2D eigenvalue weighted by molar-refractivity contribution is 6.07. The van der Waals surface area contributed by atoms with Crippen LogP contribution in [0.25, 0.3) is 0 Å². The van der Waals surface area contributed by atoms with Gasteiger partial charge in [0.05, 0.1) is 11.1 Å². The predicted molar refractivity (Wildman–Crippen MR) is 85.4 cm³/mol. The monoisotopic (exact) mass is 338 g/mol. The zero-order chi connectivity index (χ0) is 17.9. The highest BCUT2D eigenvalue weighted by atomic mass is 19.4. The number of anilines is 2. The van der Waals surface area contributed by atoms with E-state index in [9.17, 15) is 18.0 Å². The number of pyridine rings is 1. The lowest BCUT2D eigenvalue weighted by atomic mass is 10.1. The third-order valence-corrected chi connectivity index (χ3v) is 3.24. The quantitative estimate of drug-likeness (QED) is 0.899. The van der Waals surface area contributed by atoms with E-state index in [1.54, 1.807) is 25.1 Å². The first kappa shape index (κ1) is 17.7. The number of amides is 1. The van der Waals surface area contributed by atoms with Crippen LogP contribution in [0, 0.1) is 0 Å². The molecule has 128 valence electrons. The minimum absolute atomic E-state index is 0.0513. The standard InChI is InChI=1S/C16H17F3N4O/c1-23(2)9-10-8-11(5-6-13(10)16(17,18)19)22-15(24)12-4-3-7-21-14(12)20/h3-8H,9H2,1-2H3,(H2,20,21)(H,22,24). The number of carbonyl (C=O) groups excluding carboxylic acids is 1. The Morgan fingerprint density at radius 1 is 1.29 bits per heavy atom. The average Bonchev–Trinajstić information content (AvgIpc) is 2.45. The molecule has 2 aromatic rings. The Bertz CT molecular complexity index is 744. The van der Waals surface area contributed by atoms with Crippen molar-refractivity contribution in [2.24, 2.45) is 0 Å². The molecule has 1 aromatic heterocycles. The molecule has 1 amide bonds. The van der Waals surface area contributed by atoms with E-state index in [-0.39, 0.29) is 29.2 Å². The molecule has 1 heterocycles. The number of alkyl halides is 3. The zero-order valence-electron chi connectivity index (χ0n) is 13.2. The van der Waals surface area contributed by atoms with Crippen molar-refractivity contribution in [3.63, 3.8) is 0 Å². The first-order valence-corrected chi connectivity index (χ1v) is 7.05. The average molecular weight is 338 g/mol. The Morgan fingerprint density at radius 3 is 2.58 bits per heavy atom. The molecule has 1 aromatic carbocycles. The second-order valence-corrected chi connectivity index (χ2v) is 5.50. The number of nitrogens with zero attached hydrogens (tertiary/aromatic N) is 2. The molecule has 8 heteroatoms. The summed E-state index contributed by atoms with van der Waals surface area (Å²) in [6, 6.07) is 6.53. The molecule has 24 heavy (non-hydrogen) atoms. The van der Waals surface area contributed by atoms with Gasteiger partial charge in [-0.25, -0.2) is 4.98 Å². The summed E-state index contributed by atoms with van der Waals surface area (Å²) in [5, 5.41) is 2.55. The summed E-state index contributed by atoms with van der Waals surface area (Å²) < 4.78 is 39.2. The van der Waals surface area contributed by atoms with Crippen molar-refractivity contribution >= 4 is 17.4 Å². The molecule has 0 unspecified atom stereocenters. The van der Waals surface area contributed by atoms with Gasteiger partial charge >= 0.3 is 6.18 Å². The van der Waals surface area contributed by atoms with Crippen LogP contribution in [0.5, 0.6) is 0 Å². The summed E-state index contributed by atoms with van der Waals surface area (Å²) in [7, 11) is 3.34. The fraction of sp³-hybridized carbons (Fsp3) is 0.250. The molecule has 0 fully saturated rings. The molecular weight excluding hydrogens is 321 g/mol. The van der Waals surface area contributed by atoms with Crippen LogP contribution in [-0.4, -0.2) is 29.9 Å². The van der Waals surface area contributed by atoms with E-state index < -0.39 is 17.6 Å². The number of rotatable bonds is 4. The van der Waals surface area contributed by atoms with Gasteiger partial charge in [0, 0.05) is 18.4 Å². The van der Waals surface area contributed by atoms with Gasteiger partial charge in [0.2, 0.25) is 0 Å². The van der Waals surface area contributed by atoms with Crippen LogP contribution in [0.2, 0.25) is 0 Å². The van der Waals surface area contributed by atoms with E-state index in [0.29, 0.717) is 0 Å².